The minimum Gasteiger partial charge on any atom is -0.494 e. The van der Waals surface area contributed by atoms with E-state index in [0.717, 1.165) is 4.57 Å². The average Bonchev–Trinajstić information content (AvgIpc) is 2.24. The summed E-state index contributed by atoms with van der Waals surface area (Å²) in [5, 5.41) is 9.75. The Bertz CT molecular complexity index is 541. The van der Waals surface area contributed by atoms with E-state index in [4.69, 9.17) is 0 Å². The van der Waals surface area contributed by atoms with Gasteiger partial charge in [-0.2, -0.15) is 0 Å². The lowest BCUT2D eigenvalue weighted by Crippen LogP contribution is -2.36. The standard InChI is InChI=1S/C10H15N3O4/c1-4-6-8(15)11-10(17)13(9(6)16)5-7(14)12(2)3/h16H,4-5H2,1-3H3,(H,11,15,17). The minimum atomic E-state index is -0.792. The molecule has 17 heavy (non-hydrogen) atoms. The van der Waals surface area contributed by atoms with Crippen LogP contribution < -0.4 is 11.2 Å². The molecule has 1 amide bonds. The third-order valence-electron chi connectivity index (χ3n) is 2.41. The summed E-state index contributed by atoms with van der Waals surface area (Å²) in [6.07, 6.45) is 0.275. The van der Waals surface area contributed by atoms with Crippen molar-refractivity contribution in [2.24, 2.45) is 0 Å². The third-order valence-corrected chi connectivity index (χ3v) is 2.41. The monoisotopic (exact) mass is 241 g/mol. The van der Waals surface area contributed by atoms with Crippen LogP contribution in [0.3, 0.4) is 0 Å². The summed E-state index contributed by atoms with van der Waals surface area (Å²) in [4.78, 5) is 37.6. The number of carbonyl (C=O) groups excluding carboxylic acids is 1. The Labute approximate surface area is 97.3 Å². The molecule has 1 aromatic rings. The van der Waals surface area contributed by atoms with E-state index in [9.17, 15) is 19.5 Å². The zero-order valence-electron chi connectivity index (χ0n) is 9.98. The molecule has 0 unspecified atom stereocenters. The first-order valence-corrected chi connectivity index (χ1v) is 5.13. The summed E-state index contributed by atoms with van der Waals surface area (Å²) < 4.78 is 0.850. The van der Waals surface area contributed by atoms with E-state index < -0.39 is 17.1 Å². The maximum Gasteiger partial charge on any atom is 0.331 e. The molecule has 0 atom stereocenters. The Kier molecular flexibility index (Phi) is 3.72. The van der Waals surface area contributed by atoms with Crippen molar-refractivity contribution < 1.29 is 9.90 Å². The van der Waals surface area contributed by atoms with E-state index in [1.165, 1.54) is 19.0 Å². The van der Waals surface area contributed by atoms with Gasteiger partial charge in [0, 0.05) is 14.1 Å². The van der Waals surface area contributed by atoms with Crippen molar-refractivity contribution >= 4 is 5.91 Å². The van der Waals surface area contributed by atoms with Crippen molar-refractivity contribution in [3.8, 4) is 5.88 Å². The largest absolute Gasteiger partial charge is 0.494 e. The number of nitrogens with zero attached hydrogens (tertiary/aromatic N) is 2. The van der Waals surface area contributed by atoms with Crippen LogP contribution in [0.5, 0.6) is 5.88 Å². The molecular formula is C10H15N3O4. The van der Waals surface area contributed by atoms with Gasteiger partial charge in [0.2, 0.25) is 11.8 Å². The second-order valence-electron chi connectivity index (χ2n) is 3.79. The molecule has 94 valence electrons. The van der Waals surface area contributed by atoms with E-state index in [1.54, 1.807) is 6.92 Å². The predicted octanol–water partition coefficient (Wildman–Crippen LogP) is -1.11. The first kappa shape index (κ1) is 13.0. The SMILES string of the molecule is CCc1c(O)n(CC(=O)N(C)C)c(=O)[nH]c1=O. The van der Waals surface area contributed by atoms with Crippen LogP contribution in [0, 0.1) is 0 Å². The Hall–Kier alpha value is -2.05. The number of aromatic amines is 1. The molecule has 7 nitrogen and oxygen atoms in total. The van der Waals surface area contributed by atoms with Crippen molar-refractivity contribution in [3.63, 3.8) is 0 Å². The molecule has 1 rings (SSSR count). The normalized spacial score (nSPS) is 10.3. The number of H-pyrrole nitrogens is 1. The molecule has 0 aliphatic carbocycles. The molecule has 0 aliphatic heterocycles. The average molecular weight is 241 g/mol. The van der Waals surface area contributed by atoms with Crippen LogP contribution in [0.2, 0.25) is 0 Å². The number of hydrogen-bond acceptors (Lipinski definition) is 4. The first-order valence-electron chi connectivity index (χ1n) is 5.13. The lowest BCUT2D eigenvalue weighted by atomic mass is 10.2. The maximum atomic E-state index is 11.5. The number of nitrogens with one attached hydrogen (secondary N) is 1. The summed E-state index contributed by atoms with van der Waals surface area (Å²) >= 11 is 0. The molecule has 2 N–H and O–H groups in total. The summed E-state index contributed by atoms with van der Waals surface area (Å²) in [6, 6.07) is 0. The minimum absolute atomic E-state index is 0.0937. The number of amides is 1. The van der Waals surface area contributed by atoms with Gasteiger partial charge in [0.05, 0.1) is 5.56 Å². The Morgan fingerprint density at radius 1 is 1.41 bits per heavy atom. The first-order chi connectivity index (χ1) is 7.88. The zero-order chi connectivity index (χ0) is 13.2. The Morgan fingerprint density at radius 3 is 2.47 bits per heavy atom. The number of hydrogen-bond donors (Lipinski definition) is 2. The van der Waals surface area contributed by atoms with Crippen LogP contribution in [-0.4, -0.2) is 39.6 Å². The van der Waals surface area contributed by atoms with Gasteiger partial charge in [-0.25, -0.2) is 4.79 Å². The highest BCUT2D eigenvalue weighted by Crippen LogP contribution is 2.10. The highest BCUT2D eigenvalue weighted by Gasteiger charge is 2.15. The van der Waals surface area contributed by atoms with Gasteiger partial charge >= 0.3 is 5.69 Å². The lowest BCUT2D eigenvalue weighted by Gasteiger charge is -2.13. The predicted molar refractivity (Wildman–Crippen MR) is 61.1 cm³/mol. The highest BCUT2D eigenvalue weighted by atomic mass is 16.3. The number of aromatic hydroxyl groups is 1. The smallest absolute Gasteiger partial charge is 0.331 e. The van der Waals surface area contributed by atoms with E-state index >= 15 is 0 Å². The fourth-order valence-corrected chi connectivity index (χ4v) is 1.34. The molecule has 0 radical (unpaired) electrons. The van der Waals surface area contributed by atoms with Gasteiger partial charge in [-0.1, -0.05) is 6.92 Å². The molecular weight excluding hydrogens is 226 g/mol. The number of aromatic nitrogens is 2. The van der Waals surface area contributed by atoms with Crippen molar-refractivity contribution in [3.05, 3.63) is 26.4 Å². The molecule has 0 spiro atoms. The van der Waals surface area contributed by atoms with Gasteiger partial charge in [-0.05, 0) is 6.42 Å². The highest BCUT2D eigenvalue weighted by molar-refractivity contribution is 5.75. The van der Waals surface area contributed by atoms with Crippen LogP contribution in [0.15, 0.2) is 9.59 Å². The molecule has 0 saturated heterocycles. The number of carbonyl (C=O) groups is 1. The van der Waals surface area contributed by atoms with E-state index in [1.807, 2.05) is 0 Å². The summed E-state index contributed by atoms with van der Waals surface area (Å²) in [7, 11) is 3.08. The van der Waals surface area contributed by atoms with Crippen LogP contribution in [0.4, 0.5) is 0 Å². The quantitative estimate of drug-likeness (QED) is 0.701. The van der Waals surface area contributed by atoms with Crippen LogP contribution in [0.1, 0.15) is 12.5 Å². The van der Waals surface area contributed by atoms with Gasteiger partial charge in [0.1, 0.15) is 6.54 Å². The van der Waals surface area contributed by atoms with Crippen LogP contribution >= 0.6 is 0 Å². The van der Waals surface area contributed by atoms with E-state index in [0.29, 0.717) is 0 Å². The molecule has 0 aromatic carbocycles. The van der Waals surface area contributed by atoms with E-state index in [-0.39, 0.29) is 24.4 Å². The van der Waals surface area contributed by atoms with Gasteiger partial charge in [-0.3, -0.25) is 19.1 Å². The van der Waals surface area contributed by atoms with Gasteiger partial charge in [-0.15, -0.1) is 0 Å². The number of rotatable bonds is 3. The van der Waals surface area contributed by atoms with Crippen molar-refractivity contribution in [1.29, 1.82) is 0 Å². The van der Waals surface area contributed by atoms with Crippen LogP contribution in [0.25, 0.3) is 0 Å². The Balaban J connectivity index is 3.30. The number of likely N-dealkylation sites (N-methyl/N-ethyl adjacent to an activating group) is 1. The van der Waals surface area contributed by atoms with Gasteiger partial charge in [0.15, 0.2) is 0 Å². The van der Waals surface area contributed by atoms with Crippen LogP contribution in [-0.2, 0) is 17.8 Å². The van der Waals surface area contributed by atoms with Crippen molar-refractivity contribution in [2.75, 3.05) is 14.1 Å². The molecule has 7 heteroatoms. The molecule has 1 heterocycles. The van der Waals surface area contributed by atoms with Gasteiger partial charge in [0.25, 0.3) is 5.56 Å². The summed E-state index contributed by atoms with van der Waals surface area (Å²) in [5.74, 6) is -0.798. The fraction of sp³-hybridized carbons (Fsp3) is 0.500. The van der Waals surface area contributed by atoms with Gasteiger partial charge < -0.3 is 10.0 Å². The summed E-state index contributed by atoms with van der Waals surface area (Å²) in [6.45, 7) is 1.37. The molecule has 0 aliphatic rings. The lowest BCUT2D eigenvalue weighted by molar-refractivity contribution is -0.129. The molecule has 0 fully saturated rings. The Morgan fingerprint density at radius 2 is 2.00 bits per heavy atom. The fourth-order valence-electron chi connectivity index (χ4n) is 1.34. The maximum absolute atomic E-state index is 11.5. The van der Waals surface area contributed by atoms with Crippen molar-refractivity contribution in [1.82, 2.24) is 14.5 Å². The molecule has 0 bridgehead atoms. The second-order valence-corrected chi connectivity index (χ2v) is 3.79. The third kappa shape index (κ3) is 2.55. The second kappa shape index (κ2) is 4.86. The zero-order valence-corrected chi connectivity index (χ0v) is 9.98. The summed E-state index contributed by atoms with van der Waals surface area (Å²) in [5.41, 5.74) is -1.32. The topological polar surface area (TPSA) is 95.4 Å². The van der Waals surface area contributed by atoms with Crippen molar-refractivity contribution in [2.45, 2.75) is 19.9 Å². The molecule has 0 saturated carbocycles. The molecule has 1 aromatic heterocycles. The van der Waals surface area contributed by atoms with E-state index in [2.05, 4.69) is 4.98 Å².